The number of hydrogen-bond donors (Lipinski definition) is 1. The van der Waals surface area contributed by atoms with Crippen LogP contribution in [0.15, 0.2) is 17.5 Å². The normalized spacial score (nSPS) is 13.4. The van der Waals surface area contributed by atoms with E-state index < -0.39 is 0 Å². The lowest BCUT2D eigenvalue weighted by Gasteiger charge is -2.24. The first-order valence-electron chi connectivity index (χ1n) is 7.19. The van der Waals surface area contributed by atoms with Crippen molar-refractivity contribution in [2.24, 2.45) is 0 Å². The highest BCUT2D eigenvalue weighted by Gasteiger charge is 2.25. The van der Waals surface area contributed by atoms with Crippen LogP contribution in [-0.2, 0) is 18.4 Å². The molecule has 0 aliphatic heterocycles. The number of nitrogens with zero attached hydrogens (tertiary/aromatic N) is 2. The minimum Gasteiger partial charge on any atom is -0.391 e. The first kappa shape index (κ1) is 16.5. The molecule has 1 atom stereocenters. The quantitative estimate of drug-likeness (QED) is 0.901. The summed E-state index contributed by atoms with van der Waals surface area (Å²) in [4.78, 5) is 9.38. The zero-order valence-corrected chi connectivity index (χ0v) is 15.0. The van der Waals surface area contributed by atoms with Crippen molar-refractivity contribution in [3.05, 3.63) is 33.0 Å². The molecule has 2 rings (SSSR count). The Morgan fingerprint density at radius 2 is 2.10 bits per heavy atom. The van der Waals surface area contributed by atoms with Gasteiger partial charge in [0.2, 0.25) is 0 Å². The lowest BCUT2D eigenvalue weighted by Crippen LogP contribution is -2.30. The Kier molecular flexibility index (Phi) is 5.07. The van der Waals surface area contributed by atoms with Crippen LogP contribution in [0.5, 0.6) is 0 Å². The molecule has 0 aromatic carbocycles. The van der Waals surface area contributed by atoms with Crippen LogP contribution >= 0.6 is 22.7 Å². The summed E-state index contributed by atoms with van der Waals surface area (Å²) in [6.07, 6.45) is 1.02. The molecule has 3 nitrogen and oxygen atoms in total. The molecular formula is C16H24N2OS2. The number of thiazole rings is 1. The number of likely N-dealkylation sites (N-methyl/N-ethyl adjacent to an activating group) is 1. The zero-order chi connectivity index (χ0) is 15.6. The van der Waals surface area contributed by atoms with E-state index >= 15 is 0 Å². The van der Waals surface area contributed by atoms with E-state index in [1.807, 2.05) is 0 Å². The maximum absolute atomic E-state index is 9.58. The molecule has 0 amide bonds. The monoisotopic (exact) mass is 324 g/mol. The molecule has 0 aliphatic rings. The van der Waals surface area contributed by atoms with Crippen LogP contribution in [0.1, 0.15) is 43.1 Å². The average Bonchev–Trinajstić information content (AvgIpc) is 3.05. The van der Waals surface area contributed by atoms with Crippen LogP contribution in [0.3, 0.4) is 0 Å². The highest BCUT2D eigenvalue weighted by molar-refractivity contribution is 7.15. The zero-order valence-electron chi connectivity index (χ0n) is 13.4. The van der Waals surface area contributed by atoms with Gasteiger partial charge in [0, 0.05) is 29.8 Å². The summed E-state index contributed by atoms with van der Waals surface area (Å²) in [5.74, 6) is 0. The summed E-state index contributed by atoms with van der Waals surface area (Å²) in [5.41, 5.74) is 0.977. The third kappa shape index (κ3) is 3.84. The van der Waals surface area contributed by atoms with Crippen molar-refractivity contribution in [1.29, 1.82) is 0 Å². The second-order valence-electron chi connectivity index (χ2n) is 6.42. The van der Waals surface area contributed by atoms with Gasteiger partial charge in [0.15, 0.2) is 5.13 Å². The van der Waals surface area contributed by atoms with Gasteiger partial charge in [-0.2, -0.15) is 0 Å². The molecule has 1 N–H and O–H groups in total. The average molecular weight is 325 g/mol. The maximum Gasteiger partial charge on any atom is 0.185 e. The predicted molar refractivity (Wildman–Crippen MR) is 92.6 cm³/mol. The summed E-state index contributed by atoms with van der Waals surface area (Å²) in [6.45, 7) is 8.70. The molecule has 0 saturated heterocycles. The molecule has 0 aliphatic carbocycles. The van der Waals surface area contributed by atoms with Crippen LogP contribution in [0.4, 0.5) is 5.13 Å². The Labute approximate surface area is 135 Å². The Hall–Kier alpha value is -0.910. The standard InChI is InChI=1S/C16H24N2OS2/c1-11(9-12-7-6-8-20-12)18(5)15-17-14(16(2,3)4)13(10-19)21-15/h6-8,11,19H,9-10H2,1-5H3. The predicted octanol–water partition coefficient (Wildman–Crippen LogP) is 4.06. The number of aliphatic hydroxyl groups is 1. The molecule has 21 heavy (non-hydrogen) atoms. The van der Waals surface area contributed by atoms with E-state index in [-0.39, 0.29) is 12.0 Å². The highest BCUT2D eigenvalue weighted by atomic mass is 32.1. The Bertz CT molecular complexity index is 570. The van der Waals surface area contributed by atoms with E-state index in [2.05, 4.69) is 57.2 Å². The first-order valence-corrected chi connectivity index (χ1v) is 8.88. The van der Waals surface area contributed by atoms with Gasteiger partial charge in [-0.25, -0.2) is 4.98 Å². The summed E-state index contributed by atoms with van der Waals surface area (Å²) >= 11 is 3.40. The molecule has 0 spiro atoms. The van der Waals surface area contributed by atoms with E-state index in [1.165, 1.54) is 4.88 Å². The van der Waals surface area contributed by atoms with E-state index in [4.69, 9.17) is 4.98 Å². The van der Waals surface area contributed by atoms with Crippen LogP contribution in [0.2, 0.25) is 0 Å². The number of aliphatic hydroxyl groups excluding tert-OH is 1. The molecule has 116 valence electrons. The fourth-order valence-electron chi connectivity index (χ4n) is 2.23. The molecule has 2 heterocycles. The molecule has 5 heteroatoms. The van der Waals surface area contributed by atoms with Crippen molar-refractivity contribution in [3.63, 3.8) is 0 Å². The molecule has 0 fully saturated rings. The summed E-state index contributed by atoms with van der Waals surface area (Å²) in [5, 5.41) is 12.7. The Morgan fingerprint density at radius 3 is 2.57 bits per heavy atom. The Balaban J connectivity index is 2.19. The molecule has 0 radical (unpaired) electrons. The highest BCUT2D eigenvalue weighted by Crippen LogP contribution is 2.34. The smallest absolute Gasteiger partial charge is 0.185 e. The van der Waals surface area contributed by atoms with Crippen LogP contribution in [-0.4, -0.2) is 23.2 Å². The second-order valence-corrected chi connectivity index (χ2v) is 8.51. The van der Waals surface area contributed by atoms with Gasteiger partial charge in [-0.05, 0) is 18.4 Å². The topological polar surface area (TPSA) is 36.4 Å². The van der Waals surface area contributed by atoms with Crippen molar-refractivity contribution < 1.29 is 5.11 Å². The minimum atomic E-state index is -0.0371. The van der Waals surface area contributed by atoms with Crippen LogP contribution < -0.4 is 4.90 Å². The summed E-state index contributed by atoms with van der Waals surface area (Å²) < 4.78 is 0. The fraction of sp³-hybridized carbons (Fsp3) is 0.562. The molecule has 1 unspecified atom stereocenters. The van der Waals surface area contributed by atoms with Gasteiger partial charge >= 0.3 is 0 Å². The fourth-order valence-corrected chi connectivity index (χ4v) is 4.25. The lowest BCUT2D eigenvalue weighted by molar-refractivity contribution is 0.282. The van der Waals surface area contributed by atoms with E-state index in [0.29, 0.717) is 6.04 Å². The van der Waals surface area contributed by atoms with Gasteiger partial charge in [0.1, 0.15) is 0 Å². The van der Waals surface area contributed by atoms with E-state index in [0.717, 1.165) is 22.1 Å². The van der Waals surface area contributed by atoms with Gasteiger partial charge < -0.3 is 10.0 Å². The van der Waals surface area contributed by atoms with Crippen LogP contribution in [0.25, 0.3) is 0 Å². The number of thiophene rings is 1. The van der Waals surface area contributed by atoms with Gasteiger partial charge in [-0.15, -0.1) is 11.3 Å². The van der Waals surface area contributed by atoms with Crippen molar-refractivity contribution in [2.45, 2.75) is 52.2 Å². The Morgan fingerprint density at radius 1 is 1.38 bits per heavy atom. The van der Waals surface area contributed by atoms with Gasteiger partial charge in [0.25, 0.3) is 0 Å². The third-order valence-corrected chi connectivity index (χ3v) is 5.61. The molecule has 0 saturated carbocycles. The first-order chi connectivity index (χ1) is 9.82. The van der Waals surface area contributed by atoms with Gasteiger partial charge in [-0.3, -0.25) is 0 Å². The molecule has 0 bridgehead atoms. The summed E-state index contributed by atoms with van der Waals surface area (Å²) in [7, 11) is 2.09. The van der Waals surface area contributed by atoms with Gasteiger partial charge in [-0.1, -0.05) is 38.2 Å². The van der Waals surface area contributed by atoms with Crippen molar-refractivity contribution in [1.82, 2.24) is 4.98 Å². The largest absolute Gasteiger partial charge is 0.391 e. The number of hydrogen-bond acceptors (Lipinski definition) is 5. The number of rotatable bonds is 5. The van der Waals surface area contributed by atoms with E-state index in [9.17, 15) is 5.11 Å². The third-order valence-electron chi connectivity index (χ3n) is 3.58. The van der Waals surface area contributed by atoms with Gasteiger partial charge in [0.05, 0.1) is 17.2 Å². The summed E-state index contributed by atoms with van der Waals surface area (Å²) in [6, 6.07) is 4.66. The van der Waals surface area contributed by atoms with E-state index in [1.54, 1.807) is 22.7 Å². The second kappa shape index (κ2) is 6.46. The SMILES string of the molecule is CC(Cc1cccs1)N(C)c1nc(C(C)(C)C)c(CO)s1. The molecular weight excluding hydrogens is 300 g/mol. The maximum atomic E-state index is 9.58. The minimum absolute atomic E-state index is 0.0371. The molecule has 2 aromatic rings. The van der Waals surface area contributed by atoms with Crippen molar-refractivity contribution >= 4 is 27.8 Å². The number of aromatic nitrogens is 1. The lowest BCUT2D eigenvalue weighted by atomic mass is 9.91. The number of anilines is 1. The van der Waals surface area contributed by atoms with Crippen molar-refractivity contribution in [3.8, 4) is 0 Å². The van der Waals surface area contributed by atoms with Crippen LogP contribution in [0, 0.1) is 0 Å². The molecule has 2 aromatic heterocycles. The van der Waals surface area contributed by atoms with Crippen molar-refractivity contribution in [2.75, 3.05) is 11.9 Å².